The first-order chi connectivity index (χ1) is 7.71. The maximum absolute atomic E-state index is 12.3. The van der Waals surface area contributed by atoms with Crippen molar-refractivity contribution in [3.8, 4) is 0 Å². The van der Waals surface area contributed by atoms with Gasteiger partial charge in [0.05, 0.1) is 10.5 Å². The highest BCUT2D eigenvalue weighted by atomic mass is 35.5. The molecule has 9 heteroatoms. The SMILES string of the molecule is O=C(Cl)Nc1ccc(C(F)(F)F)cc1[N+](=O)[O-]. The molecule has 0 heterocycles. The number of hydrogen-bond acceptors (Lipinski definition) is 3. The average Bonchev–Trinajstić information content (AvgIpc) is 2.15. The number of carbonyl (C=O) groups is 1. The molecular weight excluding hydrogens is 265 g/mol. The predicted octanol–water partition coefficient (Wildman–Crippen LogP) is 3.38. The molecule has 1 aromatic rings. The summed E-state index contributed by atoms with van der Waals surface area (Å²) in [7, 11) is 0. The van der Waals surface area contributed by atoms with E-state index in [1.807, 2.05) is 5.32 Å². The minimum atomic E-state index is -4.70. The lowest BCUT2D eigenvalue weighted by molar-refractivity contribution is -0.384. The number of benzene rings is 1. The molecule has 1 aromatic carbocycles. The highest BCUT2D eigenvalue weighted by molar-refractivity contribution is 6.65. The van der Waals surface area contributed by atoms with E-state index in [2.05, 4.69) is 0 Å². The van der Waals surface area contributed by atoms with E-state index in [9.17, 15) is 28.1 Å². The van der Waals surface area contributed by atoms with Crippen LogP contribution in [0.2, 0.25) is 0 Å². The third-order valence-corrected chi connectivity index (χ3v) is 1.85. The Bertz CT molecular complexity index is 476. The van der Waals surface area contributed by atoms with E-state index in [4.69, 9.17) is 11.6 Å². The molecule has 5 nitrogen and oxygen atoms in total. The van der Waals surface area contributed by atoms with Gasteiger partial charge in [0.1, 0.15) is 5.69 Å². The van der Waals surface area contributed by atoms with Gasteiger partial charge in [-0.15, -0.1) is 0 Å². The molecule has 0 aliphatic rings. The van der Waals surface area contributed by atoms with E-state index in [1.54, 1.807) is 0 Å². The molecule has 0 saturated heterocycles. The number of nitro groups is 1. The van der Waals surface area contributed by atoms with E-state index in [-0.39, 0.29) is 0 Å². The maximum atomic E-state index is 12.3. The minimum absolute atomic E-state index is 0.322. The van der Waals surface area contributed by atoms with Crippen LogP contribution >= 0.6 is 11.6 Å². The number of nitrogens with one attached hydrogen (secondary N) is 1. The number of carbonyl (C=O) groups excluding carboxylic acids is 1. The zero-order chi connectivity index (χ0) is 13.2. The normalized spacial score (nSPS) is 11.1. The summed E-state index contributed by atoms with van der Waals surface area (Å²) < 4.78 is 36.9. The van der Waals surface area contributed by atoms with Gasteiger partial charge in [-0.25, -0.2) is 0 Å². The molecule has 0 aliphatic carbocycles. The molecule has 0 saturated carbocycles. The van der Waals surface area contributed by atoms with Crippen molar-refractivity contribution in [3.05, 3.63) is 33.9 Å². The Hall–Kier alpha value is -1.83. The number of hydrogen-bond donors (Lipinski definition) is 1. The molecule has 0 bridgehead atoms. The van der Waals surface area contributed by atoms with Crippen molar-refractivity contribution >= 4 is 28.3 Å². The fraction of sp³-hybridized carbons (Fsp3) is 0.125. The summed E-state index contributed by atoms with van der Waals surface area (Å²) in [5, 5.41) is 11.2. The Labute approximate surface area is 97.3 Å². The van der Waals surface area contributed by atoms with Crippen LogP contribution in [-0.4, -0.2) is 10.3 Å². The largest absolute Gasteiger partial charge is 0.416 e. The molecule has 0 fully saturated rings. The van der Waals surface area contributed by atoms with Crippen molar-refractivity contribution in [3.63, 3.8) is 0 Å². The van der Waals surface area contributed by atoms with E-state index in [0.29, 0.717) is 12.1 Å². The zero-order valence-electron chi connectivity index (χ0n) is 7.92. The molecule has 0 aromatic heterocycles. The van der Waals surface area contributed by atoms with Crippen LogP contribution < -0.4 is 5.32 Å². The summed E-state index contributed by atoms with van der Waals surface area (Å²) in [5.41, 5.74) is -2.46. The summed E-state index contributed by atoms with van der Waals surface area (Å²) in [5.74, 6) is 0. The van der Waals surface area contributed by atoms with Gasteiger partial charge in [0.15, 0.2) is 0 Å². The van der Waals surface area contributed by atoms with E-state index < -0.39 is 33.4 Å². The molecule has 0 radical (unpaired) electrons. The van der Waals surface area contributed by atoms with Crippen LogP contribution in [0.3, 0.4) is 0 Å². The van der Waals surface area contributed by atoms with Crippen molar-refractivity contribution in [1.82, 2.24) is 0 Å². The third-order valence-electron chi connectivity index (χ3n) is 1.75. The Morgan fingerprint density at radius 3 is 2.41 bits per heavy atom. The maximum Gasteiger partial charge on any atom is 0.416 e. The first-order valence-corrected chi connectivity index (χ1v) is 4.41. The quantitative estimate of drug-likeness (QED) is 0.387. The summed E-state index contributed by atoms with van der Waals surface area (Å²) in [6.07, 6.45) is -4.70. The smallest absolute Gasteiger partial charge is 0.307 e. The number of halogens is 4. The van der Waals surface area contributed by atoms with Crippen molar-refractivity contribution in [1.29, 1.82) is 0 Å². The van der Waals surface area contributed by atoms with Crippen molar-refractivity contribution in [2.75, 3.05) is 5.32 Å². The number of rotatable bonds is 2. The van der Waals surface area contributed by atoms with Gasteiger partial charge in [-0.05, 0) is 23.7 Å². The van der Waals surface area contributed by atoms with Crippen LogP contribution in [0.15, 0.2) is 18.2 Å². The van der Waals surface area contributed by atoms with Crippen LogP contribution in [0.25, 0.3) is 0 Å². The second kappa shape index (κ2) is 4.58. The summed E-state index contributed by atoms with van der Waals surface area (Å²) in [6, 6.07) is 1.69. The predicted molar refractivity (Wildman–Crippen MR) is 53.0 cm³/mol. The number of amides is 1. The highest BCUT2D eigenvalue weighted by Crippen LogP contribution is 2.34. The Morgan fingerprint density at radius 2 is 2.00 bits per heavy atom. The van der Waals surface area contributed by atoms with Gasteiger partial charge < -0.3 is 5.32 Å². The van der Waals surface area contributed by atoms with Gasteiger partial charge in [0.25, 0.3) is 5.69 Å². The van der Waals surface area contributed by atoms with Gasteiger partial charge in [-0.1, -0.05) is 0 Å². The minimum Gasteiger partial charge on any atom is -0.307 e. The second-order valence-electron chi connectivity index (χ2n) is 2.89. The van der Waals surface area contributed by atoms with E-state index >= 15 is 0 Å². The van der Waals surface area contributed by atoms with Gasteiger partial charge in [-0.2, -0.15) is 13.2 Å². The van der Waals surface area contributed by atoms with Crippen LogP contribution in [0.1, 0.15) is 5.56 Å². The number of anilines is 1. The molecule has 0 atom stereocenters. The van der Waals surface area contributed by atoms with Crippen molar-refractivity contribution in [2.45, 2.75) is 6.18 Å². The zero-order valence-corrected chi connectivity index (χ0v) is 8.67. The Balaban J connectivity index is 3.27. The van der Waals surface area contributed by atoms with E-state index in [1.165, 1.54) is 0 Å². The molecule has 1 N–H and O–H groups in total. The topological polar surface area (TPSA) is 72.2 Å². The third kappa shape index (κ3) is 3.31. The molecule has 17 heavy (non-hydrogen) atoms. The van der Waals surface area contributed by atoms with Crippen LogP contribution in [-0.2, 0) is 6.18 Å². The van der Waals surface area contributed by atoms with Gasteiger partial charge in [0, 0.05) is 6.07 Å². The number of alkyl halides is 3. The Kier molecular flexibility index (Phi) is 3.56. The Morgan fingerprint density at radius 1 is 1.41 bits per heavy atom. The monoisotopic (exact) mass is 268 g/mol. The standard InChI is InChI=1S/C8H4ClF3N2O3/c9-7(15)13-5-2-1-4(8(10,11)12)3-6(5)14(16)17/h1-3H,(H,13,15). The lowest BCUT2D eigenvalue weighted by atomic mass is 10.1. The second-order valence-corrected chi connectivity index (χ2v) is 3.23. The lowest BCUT2D eigenvalue weighted by Crippen LogP contribution is -2.08. The highest BCUT2D eigenvalue weighted by Gasteiger charge is 2.33. The average molecular weight is 269 g/mol. The molecular formula is C8H4ClF3N2O3. The van der Waals surface area contributed by atoms with Crippen LogP contribution in [0.4, 0.5) is 29.3 Å². The summed E-state index contributed by atoms with van der Waals surface area (Å²) >= 11 is 4.92. The van der Waals surface area contributed by atoms with Crippen LogP contribution in [0, 0.1) is 10.1 Å². The van der Waals surface area contributed by atoms with Crippen molar-refractivity contribution < 1.29 is 22.9 Å². The molecule has 92 valence electrons. The molecule has 0 aliphatic heterocycles. The first kappa shape index (κ1) is 13.2. The van der Waals surface area contributed by atoms with Gasteiger partial charge >= 0.3 is 11.5 Å². The van der Waals surface area contributed by atoms with Crippen LogP contribution in [0.5, 0.6) is 0 Å². The molecule has 0 unspecified atom stereocenters. The van der Waals surface area contributed by atoms with E-state index in [0.717, 1.165) is 6.07 Å². The first-order valence-electron chi connectivity index (χ1n) is 4.04. The van der Waals surface area contributed by atoms with Gasteiger partial charge in [0.2, 0.25) is 0 Å². The fourth-order valence-electron chi connectivity index (χ4n) is 1.07. The van der Waals surface area contributed by atoms with Crippen molar-refractivity contribution in [2.24, 2.45) is 0 Å². The molecule has 0 spiro atoms. The summed E-state index contributed by atoms with van der Waals surface area (Å²) in [6.45, 7) is 0. The number of nitrogens with zero attached hydrogens (tertiary/aromatic N) is 1. The fourth-order valence-corrected chi connectivity index (χ4v) is 1.17. The lowest BCUT2D eigenvalue weighted by Gasteiger charge is -2.08. The molecule has 1 amide bonds. The number of nitro benzene ring substituents is 1. The molecule has 1 rings (SSSR count). The van der Waals surface area contributed by atoms with Gasteiger partial charge in [-0.3, -0.25) is 14.9 Å². The summed E-state index contributed by atoms with van der Waals surface area (Å²) in [4.78, 5) is 20.0.